The summed E-state index contributed by atoms with van der Waals surface area (Å²) in [6.45, 7) is 5.46. The molecule has 0 bridgehead atoms. The van der Waals surface area contributed by atoms with Crippen molar-refractivity contribution in [3.63, 3.8) is 0 Å². The molecule has 34 heavy (non-hydrogen) atoms. The minimum atomic E-state index is -0.985. The van der Waals surface area contributed by atoms with Crippen LogP contribution >= 0.6 is 0 Å². The molecule has 1 heterocycles. The molecular formula is C25H31NO8. The number of ketones is 1. The molecule has 2 aliphatic rings. The number of carbonyl (C=O) groups excluding carboxylic acids is 3. The zero-order valence-corrected chi connectivity index (χ0v) is 20.6. The molecule has 0 radical (unpaired) electrons. The molecule has 9 nitrogen and oxygen atoms in total. The van der Waals surface area contributed by atoms with Gasteiger partial charge in [0.15, 0.2) is 17.3 Å². The minimum Gasteiger partial charge on any atom is -0.496 e. The number of rotatable bonds is 7. The Labute approximate surface area is 199 Å². The number of esters is 2. The lowest BCUT2D eigenvalue weighted by atomic mass is 9.69. The van der Waals surface area contributed by atoms with E-state index in [4.69, 9.17) is 23.7 Å². The Morgan fingerprint density at radius 2 is 1.65 bits per heavy atom. The maximum atomic E-state index is 13.8. The lowest BCUT2D eigenvalue weighted by Crippen LogP contribution is -2.43. The van der Waals surface area contributed by atoms with Gasteiger partial charge in [0.2, 0.25) is 0 Å². The van der Waals surface area contributed by atoms with Crippen LogP contribution in [-0.4, -0.2) is 52.8 Å². The second kappa shape index (κ2) is 10.2. The third-order valence-electron chi connectivity index (χ3n) is 6.29. The normalized spacial score (nSPS) is 22.0. The maximum Gasteiger partial charge on any atom is 0.336 e. The first kappa shape index (κ1) is 25.1. The Morgan fingerprint density at radius 3 is 2.21 bits per heavy atom. The SMILES string of the molecule is CCOC(=O)C1=C(C)NC2=C(C(=O)[C@H](C(=O)OC)[C@@H](C)C2)[C@@H]1c1cc(OC)c(OC)cc1OC. The monoisotopic (exact) mass is 473 g/mol. The van der Waals surface area contributed by atoms with Crippen molar-refractivity contribution in [1.29, 1.82) is 0 Å². The van der Waals surface area contributed by atoms with Crippen molar-refractivity contribution in [2.45, 2.75) is 33.1 Å². The summed E-state index contributed by atoms with van der Waals surface area (Å²) in [4.78, 5) is 39.5. The zero-order chi connectivity index (χ0) is 25.2. The van der Waals surface area contributed by atoms with Gasteiger partial charge in [0, 0.05) is 28.6 Å². The number of methoxy groups -OCH3 is 4. The molecule has 0 amide bonds. The first-order valence-corrected chi connectivity index (χ1v) is 11.0. The average molecular weight is 474 g/mol. The topological polar surface area (TPSA) is 109 Å². The van der Waals surface area contributed by atoms with E-state index in [2.05, 4.69) is 5.32 Å². The molecule has 3 atom stereocenters. The van der Waals surface area contributed by atoms with Crippen molar-refractivity contribution in [3.8, 4) is 17.2 Å². The van der Waals surface area contributed by atoms with Gasteiger partial charge in [0.05, 0.1) is 46.5 Å². The van der Waals surface area contributed by atoms with Crippen molar-refractivity contribution in [2.75, 3.05) is 35.0 Å². The standard InChI is InChI=1S/C25H31NO8/c1-8-34-25(29)20-13(3)26-15-9-12(2)19(24(28)33-7)23(27)22(15)21(20)14-10-17(31-5)18(32-6)11-16(14)30-4/h10-12,19,21,26H,8-9H2,1-7H3/t12-,19+,21+/m0/s1. The lowest BCUT2D eigenvalue weighted by molar-refractivity contribution is -0.151. The molecule has 1 aromatic rings. The third-order valence-corrected chi connectivity index (χ3v) is 6.29. The average Bonchev–Trinajstić information content (AvgIpc) is 2.81. The van der Waals surface area contributed by atoms with Crippen LogP contribution in [0.3, 0.4) is 0 Å². The summed E-state index contributed by atoms with van der Waals surface area (Å²) in [7, 11) is 5.75. The van der Waals surface area contributed by atoms with E-state index in [1.54, 1.807) is 26.0 Å². The van der Waals surface area contributed by atoms with Crippen molar-refractivity contribution in [3.05, 3.63) is 40.2 Å². The van der Waals surface area contributed by atoms with E-state index < -0.39 is 29.6 Å². The van der Waals surface area contributed by atoms with E-state index in [9.17, 15) is 14.4 Å². The van der Waals surface area contributed by atoms with Crippen LogP contribution in [0.25, 0.3) is 0 Å². The van der Waals surface area contributed by atoms with Crippen molar-refractivity contribution in [2.24, 2.45) is 11.8 Å². The van der Waals surface area contributed by atoms with Crippen LogP contribution in [-0.2, 0) is 23.9 Å². The van der Waals surface area contributed by atoms with Crippen LogP contribution in [0.15, 0.2) is 34.7 Å². The molecule has 1 aliphatic carbocycles. The van der Waals surface area contributed by atoms with E-state index in [0.29, 0.717) is 46.2 Å². The lowest BCUT2D eigenvalue weighted by Gasteiger charge is -2.38. The summed E-state index contributed by atoms with van der Waals surface area (Å²) in [5.74, 6) is -2.46. The Morgan fingerprint density at radius 1 is 1.03 bits per heavy atom. The van der Waals surface area contributed by atoms with E-state index >= 15 is 0 Å². The van der Waals surface area contributed by atoms with Gasteiger partial charge in [-0.05, 0) is 32.3 Å². The van der Waals surface area contributed by atoms with E-state index in [0.717, 1.165) is 0 Å². The first-order chi connectivity index (χ1) is 16.2. The Balaban J connectivity index is 2.32. The summed E-state index contributed by atoms with van der Waals surface area (Å²) >= 11 is 0. The summed E-state index contributed by atoms with van der Waals surface area (Å²) in [6.07, 6.45) is 0.431. The fraction of sp³-hybridized carbons (Fsp3) is 0.480. The van der Waals surface area contributed by atoms with Crippen LogP contribution in [0.5, 0.6) is 17.2 Å². The number of ether oxygens (including phenoxy) is 5. The second-order valence-corrected chi connectivity index (χ2v) is 8.21. The number of Topliss-reactive ketones (excluding diaryl/α,β-unsaturated/α-hetero) is 1. The van der Waals surface area contributed by atoms with Crippen LogP contribution in [0, 0.1) is 11.8 Å². The van der Waals surface area contributed by atoms with Gasteiger partial charge in [0.25, 0.3) is 0 Å². The van der Waals surface area contributed by atoms with Crippen LogP contribution in [0.2, 0.25) is 0 Å². The molecule has 0 unspecified atom stereocenters. The zero-order valence-electron chi connectivity index (χ0n) is 20.6. The molecular weight excluding hydrogens is 442 g/mol. The Bertz CT molecular complexity index is 1070. The number of dihydropyridines is 1. The maximum absolute atomic E-state index is 13.8. The smallest absolute Gasteiger partial charge is 0.336 e. The van der Waals surface area contributed by atoms with Crippen LogP contribution < -0.4 is 19.5 Å². The molecule has 1 N–H and O–H groups in total. The number of nitrogens with one attached hydrogen (secondary N) is 1. The number of carbonyl (C=O) groups is 3. The molecule has 0 saturated carbocycles. The molecule has 0 aromatic heterocycles. The molecule has 1 aromatic carbocycles. The van der Waals surface area contributed by atoms with Gasteiger partial charge >= 0.3 is 11.9 Å². The minimum absolute atomic E-state index is 0.160. The number of hydrogen-bond donors (Lipinski definition) is 1. The third kappa shape index (κ3) is 4.22. The molecule has 0 saturated heterocycles. The predicted octanol–water partition coefficient (Wildman–Crippen LogP) is 2.89. The van der Waals surface area contributed by atoms with E-state index in [-0.39, 0.29) is 18.1 Å². The molecule has 184 valence electrons. The molecule has 0 spiro atoms. The van der Waals surface area contributed by atoms with E-state index in [1.807, 2.05) is 6.92 Å². The highest BCUT2D eigenvalue weighted by molar-refractivity contribution is 6.12. The number of benzene rings is 1. The van der Waals surface area contributed by atoms with Gasteiger partial charge in [-0.1, -0.05) is 6.92 Å². The van der Waals surface area contributed by atoms with Gasteiger partial charge in [-0.25, -0.2) is 4.79 Å². The van der Waals surface area contributed by atoms with Crippen molar-refractivity contribution in [1.82, 2.24) is 5.32 Å². The summed E-state index contributed by atoms with van der Waals surface area (Å²) in [6, 6.07) is 3.32. The highest BCUT2D eigenvalue weighted by Gasteiger charge is 2.48. The van der Waals surface area contributed by atoms with Crippen molar-refractivity contribution < 1.29 is 38.1 Å². The number of hydrogen-bond acceptors (Lipinski definition) is 9. The van der Waals surface area contributed by atoms with E-state index in [1.165, 1.54) is 28.4 Å². The Kier molecular flexibility index (Phi) is 7.54. The van der Waals surface area contributed by atoms with Crippen LogP contribution in [0.1, 0.15) is 38.7 Å². The molecule has 3 rings (SSSR count). The quantitative estimate of drug-likeness (QED) is 0.472. The summed E-state index contributed by atoms with van der Waals surface area (Å²) in [5, 5.41) is 3.22. The molecule has 0 fully saturated rings. The summed E-state index contributed by atoms with van der Waals surface area (Å²) < 4.78 is 26.8. The van der Waals surface area contributed by atoms with Crippen LogP contribution in [0.4, 0.5) is 0 Å². The largest absolute Gasteiger partial charge is 0.496 e. The van der Waals surface area contributed by atoms with Gasteiger partial charge < -0.3 is 29.0 Å². The molecule has 9 heteroatoms. The number of allylic oxidation sites excluding steroid dienone is 3. The van der Waals surface area contributed by atoms with Gasteiger partial charge in [-0.15, -0.1) is 0 Å². The van der Waals surface area contributed by atoms with Gasteiger partial charge in [0.1, 0.15) is 11.7 Å². The molecule has 1 aliphatic heterocycles. The fourth-order valence-electron chi connectivity index (χ4n) is 4.75. The van der Waals surface area contributed by atoms with Crippen molar-refractivity contribution >= 4 is 17.7 Å². The van der Waals surface area contributed by atoms with Gasteiger partial charge in [-0.2, -0.15) is 0 Å². The summed E-state index contributed by atoms with van der Waals surface area (Å²) in [5.41, 5.74) is 2.31. The predicted molar refractivity (Wildman–Crippen MR) is 123 cm³/mol. The van der Waals surface area contributed by atoms with Gasteiger partial charge in [-0.3, -0.25) is 9.59 Å². The highest BCUT2D eigenvalue weighted by Crippen LogP contribution is 2.49. The first-order valence-electron chi connectivity index (χ1n) is 11.0. The highest BCUT2D eigenvalue weighted by atomic mass is 16.5. The second-order valence-electron chi connectivity index (χ2n) is 8.21. The Hall–Kier alpha value is -3.49. The fourth-order valence-corrected chi connectivity index (χ4v) is 4.75.